The number of hydrogen-bond acceptors (Lipinski definition) is 6. The van der Waals surface area contributed by atoms with Crippen molar-refractivity contribution in [1.82, 2.24) is 5.43 Å². The molecule has 0 spiro atoms. The number of nitrogens with one attached hydrogen (secondary N) is 2. The van der Waals surface area contributed by atoms with E-state index in [4.69, 9.17) is 21.1 Å². The fraction of sp³-hybridized carbons (Fsp3) is 0.0833. The molecule has 0 aliphatic heterocycles. The van der Waals surface area contributed by atoms with Gasteiger partial charge < -0.3 is 14.8 Å². The van der Waals surface area contributed by atoms with E-state index in [9.17, 15) is 14.4 Å². The lowest BCUT2D eigenvalue weighted by Gasteiger charge is -2.09. The molecule has 3 aromatic rings. The summed E-state index contributed by atoms with van der Waals surface area (Å²) in [5.74, 6) is -1.67. The first-order valence-corrected chi connectivity index (χ1v) is 11.2. The average Bonchev–Trinajstić information content (AvgIpc) is 2.82. The summed E-state index contributed by atoms with van der Waals surface area (Å²) in [6.45, 7) is 2.39. The Morgan fingerprint density at radius 2 is 1.76 bits per heavy atom. The predicted molar refractivity (Wildman–Crippen MR) is 133 cm³/mol. The van der Waals surface area contributed by atoms with Crippen LogP contribution in [-0.2, 0) is 9.59 Å². The van der Waals surface area contributed by atoms with Crippen LogP contribution >= 0.6 is 27.5 Å². The second-order valence-corrected chi connectivity index (χ2v) is 7.99. The number of carbonyl (C=O) groups is 3. The van der Waals surface area contributed by atoms with E-state index in [1.807, 2.05) is 6.92 Å². The Bertz CT molecular complexity index is 1230. The van der Waals surface area contributed by atoms with E-state index in [1.54, 1.807) is 66.7 Å². The van der Waals surface area contributed by atoms with Crippen molar-refractivity contribution < 1.29 is 23.9 Å². The van der Waals surface area contributed by atoms with Crippen molar-refractivity contribution in [3.63, 3.8) is 0 Å². The third-order valence-electron chi connectivity index (χ3n) is 4.27. The standard InChI is InChI=1S/C24H19BrClN3O5/c1-2-33-18-10-7-15(8-11-18)24(32)34-21-12-9-17(25)13-16(21)14-27-29-23(31)22(30)28-20-6-4-3-5-19(20)26/h3-14H,2H2,1H3,(H,28,30)(H,29,31)/b27-14+. The minimum absolute atomic E-state index is 0.209. The molecular weight excluding hydrogens is 526 g/mol. The Morgan fingerprint density at radius 3 is 2.47 bits per heavy atom. The Labute approximate surface area is 209 Å². The lowest BCUT2D eigenvalue weighted by molar-refractivity contribution is -0.136. The van der Waals surface area contributed by atoms with E-state index >= 15 is 0 Å². The van der Waals surface area contributed by atoms with Crippen LogP contribution in [0.2, 0.25) is 5.02 Å². The van der Waals surface area contributed by atoms with Crippen molar-refractivity contribution in [2.45, 2.75) is 6.92 Å². The van der Waals surface area contributed by atoms with Gasteiger partial charge in [-0.15, -0.1) is 0 Å². The highest BCUT2D eigenvalue weighted by molar-refractivity contribution is 9.10. The molecule has 0 radical (unpaired) electrons. The van der Waals surface area contributed by atoms with Crippen LogP contribution in [0.4, 0.5) is 5.69 Å². The number of ether oxygens (including phenoxy) is 2. The van der Waals surface area contributed by atoms with Gasteiger partial charge in [-0.3, -0.25) is 9.59 Å². The van der Waals surface area contributed by atoms with Crippen LogP contribution in [0.1, 0.15) is 22.8 Å². The second-order valence-electron chi connectivity index (χ2n) is 6.66. The fourth-order valence-corrected chi connectivity index (χ4v) is 3.24. The van der Waals surface area contributed by atoms with E-state index in [2.05, 4.69) is 31.8 Å². The average molecular weight is 545 g/mol. The van der Waals surface area contributed by atoms with Gasteiger partial charge in [0, 0.05) is 10.0 Å². The lowest BCUT2D eigenvalue weighted by atomic mass is 10.2. The number of hydrazone groups is 1. The normalized spacial score (nSPS) is 10.6. The van der Waals surface area contributed by atoms with Gasteiger partial charge in [0.15, 0.2) is 0 Å². The summed E-state index contributed by atoms with van der Waals surface area (Å²) in [4.78, 5) is 36.6. The summed E-state index contributed by atoms with van der Waals surface area (Å²) in [5, 5.41) is 6.48. The first-order chi connectivity index (χ1) is 16.4. The molecule has 2 N–H and O–H groups in total. The number of hydrogen-bond donors (Lipinski definition) is 2. The molecule has 0 saturated carbocycles. The van der Waals surface area contributed by atoms with Gasteiger partial charge in [0.2, 0.25) is 0 Å². The second kappa shape index (κ2) is 12.0. The van der Waals surface area contributed by atoms with Crippen LogP contribution in [0.3, 0.4) is 0 Å². The molecule has 8 nitrogen and oxygen atoms in total. The van der Waals surface area contributed by atoms with Crippen LogP contribution in [-0.4, -0.2) is 30.6 Å². The number of carbonyl (C=O) groups excluding carboxylic acids is 3. The van der Waals surface area contributed by atoms with Crippen LogP contribution in [0, 0.1) is 0 Å². The molecule has 0 saturated heterocycles. The molecule has 0 aromatic heterocycles. The minimum atomic E-state index is -1.00. The first kappa shape index (κ1) is 24.9. The van der Waals surface area contributed by atoms with Gasteiger partial charge in [0.05, 0.1) is 29.1 Å². The molecular formula is C24H19BrClN3O5. The molecule has 0 aliphatic rings. The highest BCUT2D eigenvalue weighted by atomic mass is 79.9. The van der Waals surface area contributed by atoms with Gasteiger partial charge in [-0.1, -0.05) is 39.7 Å². The van der Waals surface area contributed by atoms with E-state index in [-0.39, 0.29) is 5.75 Å². The summed E-state index contributed by atoms with van der Waals surface area (Å²) in [6, 6.07) is 17.9. The Kier molecular flexibility index (Phi) is 8.78. The molecule has 0 heterocycles. The maximum Gasteiger partial charge on any atom is 0.343 e. The summed E-state index contributed by atoms with van der Waals surface area (Å²) in [6.07, 6.45) is 1.26. The Balaban J connectivity index is 1.66. The van der Waals surface area contributed by atoms with Gasteiger partial charge in [0.1, 0.15) is 11.5 Å². The zero-order chi connectivity index (χ0) is 24.5. The molecule has 0 atom stereocenters. The smallest absolute Gasteiger partial charge is 0.343 e. The third-order valence-corrected chi connectivity index (χ3v) is 5.10. The maximum absolute atomic E-state index is 12.5. The number of esters is 1. The van der Waals surface area contributed by atoms with Gasteiger partial charge in [-0.25, -0.2) is 10.2 Å². The predicted octanol–water partition coefficient (Wildman–Crippen LogP) is 4.81. The number of amides is 2. The highest BCUT2D eigenvalue weighted by Crippen LogP contribution is 2.23. The van der Waals surface area contributed by atoms with E-state index in [1.165, 1.54) is 6.21 Å². The summed E-state index contributed by atoms with van der Waals surface area (Å²) < 4.78 is 11.5. The van der Waals surface area contributed by atoms with E-state index in [0.717, 1.165) is 0 Å². The number of halogens is 2. The molecule has 2 amide bonds. The number of benzene rings is 3. The highest BCUT2D eigenvalue weighted by Gasteiger charge is 2.15. The van der Waals surface area contributed by atoms with Gasteiger partial charge >= 0.3 is 17.8 Å². The molecule has 34 heavy (non-hydrogen) atoms. The van der Waals surface area contributed by atoms with Gasteiger partial charge in [-0.2, -0.15) is 5.10 Å². The molecule has 3 aromatic carbocycles. The van der Waals surface area contributed by atoms with Crippen molar-refractivity contribution in [3.05, 3.63) is 87.4 Å². The third kappa shape index (κ3) is 6.90. The topological polar surface area (TPSA) is 106 Å². The molecule has 0 aliphatic carbocycles. The van der Waals surface area contributed by atoms with Crippen molar-refractivity contribution in [2.75, 3.05) is 11.9 Å². The SMILES string of the molecule is CCOc1ccc(C(=O)Oc2ccc(Br)cc2/C=N/NC(=O)C(=O)Nc2ccccc2Cl)cc1. The summed E-state index contributed by atoms with van der Waals surface area (Å²) in [5.41, 5.74) is 3.14. The van der Waals surface area contributed by atoms with Gasteiger partial charge in [0.25, 0.3) is 0 Å². The zero-order valence-electron chi connectivity index (χ0n) is 17.9. The van der Waals surface area contributed by atoms with Crippen LogP contribution < -0.4 is 20.2 Å². The van der Waals surface area contributed by atoms with Crippen molar-refractivity contribution in [3.8, 4) is 11.5 Å². The summed E-state index contributed by atoms with van der Waals surface area (Å²) in [7, 11) is 0. The van der Waals surface area contributed by atoms with Crippen molar-refractivity contribution >= 4 is 57.2 Å². The van der Waals surface area contributed by atoms with Gasteiger partial charge in [-0.05, 0) is 61.5 Å². The number of rotatable bonds is 7. The molecule has 174 valence electrons. The Hall–Kier alpha value is -3.69. The monoisotopic (exact) mass is 543 g/mol. The van der Waals surface area contributed by atoms with Crippen LogP contribution in [0.25, 0.3) is 0 Å². The van der Waals surface area contributed by atoms with E-state index in [0.29, 0.717) is 38.7 Å². The number of anilines is 1. The quantitative estimate of drug-likeness (QED) is 0.146. The molecule has 0 unspecified atom stereocenters. The number of nitrogens with zero attached hydrogens (tertiary/aromatic N) is 1. The number of para-hydroxylation sites is 1. The van der Waals surface area contributed by atoms with Crippen LogP contribution in [0.5, 0.6) is 11.5 Å². The molecule has 0 bridgehead atoms. The maximum atomic E-state index is 12.5. The first-order valence-electron chi connectivity index (χ1n) is 10.0. The molecule has 10 heteroatoms. The Morgan fingerprint density at radius 1 is 1.03 bits per heavy atom. The molecule has 3 rings (SSSR count). The summed E-state index contributed by atoms with van der Waals surface area (Å²) >= 11 is 9.31. The lowest BCUT2D eigenvalue weighted by Crippen LogP contribution is -2.32. The van der Waals surface area contributed by atoms with Crippen molar-refractivity contribution in [1.29, 1.82) is 0 Å². The van der Waals surface area contributed by atoms with Crippen LogP contribution in [0.15, 0.2) is 76.3 Å². The molecule has 0 fully saturated rings. The van der Waals surface area contributed by atoms with Crippen molar-refractivity contribution in [2.24, 2.45) is 5.10 Å². The largest absolute Gasteiger partial charge is 0.494 e. The fourth-order valence-electron chi connectivity index (χ4n) is 2.68. The minimum Gasteiger partial charge on any atom is -0.494 e. The zero-order valence-corrected chi connectivity index (χ0v) is 20.2. The van der Waals surface area contributed by atoms with E-state index < -0.39 is 17.8 Å².